The van der Waals surface area contributed by atoms with E-state index in [-0.39, 0.29) is 18.1 Å². The highest BCUT2D eigenvalue weighted by Crippen LogP contribution is 2.28. The third-order valence-electron chi connectivity index (χ3n) is 3.16. The van der Waals surface area contributed by atoms with Crippen LogP contribution in [-0.4, -0.2) is 24.7 Å². The number of benzene rings is 1. The Bertz CT molecular complexity index is 443. The van der Waals surface area contributed by atoms with E-state index in [1.807, 2.05) is 24.3 Å². The molecule has 0 amide bonds. The molecule has 2 N–H and O–H groups in total. The molecule has 3 rings (SSSR count). The number of amidine groups is 1. The molecule has 1 fully saturated rings. The Hall–Kier alpha value is -0.620. The van der Waals surface area contributed by atoms with Gasteiger partial charge in [0.2, 0.25) is 0 Å². The van der Waals surface area contributed by atoms with Crippen molar-refractivity contribution in [2.24, 2.45) is 4.99 Å². The molecule has 0 aromatic heterocycles. The summed E-state index contributed by atoms with van der Waals surface area (Å²) in [7, 11) is 0. The zero-order valence-corrected chi connectivity index (χ0v) is 12.2. The number of hydrogen-bond donors (Lipinski definition) is 2. The van der Waals surface area contributed by atoms with Gasteiger partial charge in [-0.25, -0.2) is 15.3 Å². The van der Waals surface area contributed by atoms with E-state index in [2.05, 4.69) is 26.7 Å². The van der Waals surface area contributed by atoms with Crippen molar-refractivity contribution in [3.63, 3.8) is 0 Å². The summed E-state index contributed by atoms with van der Waals surface area (Å²) in [4.78, 5) is 10.4. The van der Waals surface area contributed by atoms with Gasteiger partial charge in [-0.05, 0) is 25.2 Å². The smallest absolute Gasteiger partial charge is 0.190 e. The normalized spacial score (nSPS) is 21.1. The van der Waals surface area contributed by atoms with Crippen LogP contribution in [0, 0.1) is 0 Å². The lowest BCUT2D eigenvalue weighted by Crippen LogP contribution is -2.41. The maximum absolute atomic E-state index is 5.67. The topological polar surface area (TPSA) is 45.7 Å². The summed E-state index contributed by atoms with van der Waals surface area (Å²) >= 11 is 3.42. The van der Waals surface area contributed by atoms with Gasteiger partial charge in [0, 0.05) is 22.9 Å². The molecule has 0 atom stereocenters. The van der Waals surface area contributed by atoms with Gasteiger partial charge < -0.3 is 5.32 Å². The van der Waals surface area contributed by atoms with E-state index in [1.165, 1.54) is 0 Å². The lowest BCUT2D eigenvalue weighted by atomic mass is 10.0. The fourth-order valence-electron chi connectivity index (χ4n) is 2.16. The molecule has 0 saturated carbocycles. The number of hydrogen-bond acceptors (Lipinski definition) is 4. The lowest BCUT2D eigenvalue weighted by Gasteiger charge is -2.28. The van der Waals surface area contributed by atoms with Gasteiger partial charge in [0.1, 0.15) is 0 Å². The first-order chi connectivity index (χ1) is 8.27. The first-order valence-electron chi connectivity index (χ1n) is 5.78. The van der Waals surface area contributed by atoms with Crippen LogP contribution < -0.4 is 10.8 Å². The minimum Gasteiger partial charge on any atom is -0.316 e. The van der Waals surface area contributed by atoms with E-state index in [1.54, 1.807) is 0 Å². The second-order valence-corrected chi connectivity index (χ2v) is 5.28. The molecule has 2 aliphatic rings. The second kappa shape index (κ2) is 5.57. The quantitative estimate of drug-likeness (QED) is 0.829. The summed E-state index contributed by atoms with van der Waals surface area (Å²) in [6, 6.07) is 8.07. The molecule has 6 heteroatoms. The number of piperidine rings is 1. The molecule has 1 aromatic rings. The third kappa shape index (κ3) is 2.69. The molecule has 1 spiro atoms. The Labute approximate surface area is 121 Å². The van der Waals surface area contributed by atoms with Crippen molar-refractivity contribution in [1.82, 2.24) is 10.8 Å². The molecule has 2 heterocycles. The van der Waals surface area contributed by atoms with E-state index in [0.717, 1.165) is 41.8 Å². The summed E-state index contributed by atoms with van der Waals surface area (Å²) in [5.74, 6) is 0.833. The Morgan fingerprint density at radius 2 is 1.83 bits per heavy atom. The molecule has 0 aliphatic carbocycles. The largest absolute Gasteiger partial charge is 0.316 e. The standard InChI is InChI=1S/C12H14BrN3O.ClH/c13-10-3-1-9(2-4-10)11-15-12(17-16-11)5-7-14-8-6-12;/h1-4,14H,5-8H2,(H,15,16);1H. The first-order valence-corrected chi connectivity index (χ1v) is 6.57. The molecule has 1 saturated heterocycles. The van der Waals surface area contributed by atoms with Crippen LogP contribution >= 0.6 is 28.3 Å². The fraction of sp³-hybridized carbons (Fsp3) is 0.417. The van der Waals surface area contributed by atoms with Gasteiger partial charge in [-0.1, -0.05) is 28.1 Å². The summed E-state index contributed by atoms with van der Waals surface area (Å²) in [5, 5.41) is 3.31. The van der Waals surface area contributed by atoms with Crippen molar-refractivity contribution in [3.05, 3.63) is 34.3 Å². The van der Waals surface area contributed by atoms with Gasteiger partial charge in [-0.3, -0.25) is 0 Å². The van der Waals surface area contributed by atoms with E-state index < -0.39 is 0 Å². The highest BCUT2D eigenvalue weighted by molar-refractivity contribution is 9.10. The molecule has 2 aliphatic heterocycles. The molecule has 18 heavy (non-hydrogen) atoms. The van der Waals surface area contributed by atoms with Gasteiger partial charge in [-0.2, -0.15) is 0 Å². The molecule has 98 valence electrons. The summed E-state index contributed by atoms with van der Waals surface area (Å²) in [6.45, 7) is 1.91. The Morgan fingerprint density at radius 1 is 1.17 bits per heavy atom. The maximum Gasteiger partial charge on any atom is 0.190 e. The minimum absolute atomic E-state index is 0. The van der Waals surface area contributed by atoms with Crippen molar-refractivity contribution in [2.45, 2.75) is 18.6 Å². The molecule has 0 bridgehead atoms. The van der Waals surface area contributed by atoms with Crippen LogP contribution in [0.5, 0.6) is 0 Å². The fourth-order valence-corrected chi connectivity index (χ4v) is 2.42. The third-order valence-corrected chi connectivity index (χ3v) is 3.68. The maximum atomic E-state index is 5.67. The van der Waals surface area contributed by atoms with Gasteiger partial charge in [0.25, 0.3) is 0 Å². The number of hydroxylamine groups is 1. The first kappa shape index (κ1) is 13.8. The second-order valence-electron chi connectivity index (χ2n) is 4.37. The molecular formula is C12H15BrClN3O. The van der Waals surface area contributed by atoms with Crippen LogP contribution in [0.2, 0.25) is 0 Å². The highest BCUT2D eigenvalue weighted by atomic mass is 79.9. The van der Waals surface area contributed by atoms with Gasteiger partial charge in [-0.15, -0.1) is 12.4 Å². The van der Waals surface area contributed by atoms with Crippen molar-refractivity contribution in [3.8, 4) is 0 Å². The van der Waals surface area contributed by atoms with E-state index in [9.17, 15) is 0 Å². The monoisotopic (exact) mass is 331 g/mol. The number of rotatable bonds is 1. The number of nitrogens with zero attached hydrogens (tertiary/aromatic N) is 1. The number of halogens is 2. The van der Waals surface area contributed by atoms with Crippen molar-refractivity contribution < 1.29 is 4.84 Å². The average molecular weight is 333 g/mol. The van der Waals surface area contributed by atoms with Crippen LogP contribution in [0.25, 0.3) is 0 Å². The van der Waals surface area contributed by atoms with Gasteiger partial charge in [0.05, 0.1) is 0 Å². The summed E-state index contributed by atoms with van der Waals surface area (Å²) in [5.41, 5.74) is 3.67. The van der Waals surface area contributed by atoms with Crippen molar-refractivity contribution in [2.75, 3.05) is 13.1 Å². The van der Waals surface area contributed by atoms with Crippen LogP contribution in [0.15, 0.2) is 33.7 Å². The van der Waals surface area contributed by atoms with Crippen molar-refractivity contribution in [1.29, 1.82) is 0 Å². The lowest BCUT2D eigenvalue weighted by molar-refractivity contribution is -0.0720. The minimum atomic E-state index is -0.354. The predicted octanol–water partition coefficient (Wildman–Crippen LogP) is 2.23. The molecular weight excluding hydrogens is 318 g/mol. The molecule has 4 nitrogen and oxygen atoms in total. The Balaban J connectivity index is 0.00000120. The van der Waals surface area contributed by atoms with Crippen LogP contribution in [0.1, 0.15) is 18.4 Å². The summed E-state index contributed by atoms with van der Waals surface area (Å²) in [6.07, 6.45) is 1.83. The van der Waals surface area contributed by atoms with E-state index in [4.69, 9.17) is 9.83 Å². The van der Waals surface area contributed by atoms with Crippen LogP contribution in [0.3, 0.4) is 0 Å². The van der Waals surface area contributed by atoms with E-state index in [0.29, 0.717) is 0 Å². The molecule has 1 aromatic carbocycles. The van der Waals surface area contributed by atoms with E-state index >= 15 is 0 Å². The zero-order chi connectivity index (χ0) is 11.7. The van der Waals surface area contributed by atoms with Crippen molar-refractivity contribution >= 4 is 34.2 Å². The number of nitrogens with one attached hydrogen (secondary N) is 2. The van der Waals surface area contributed by atoms with Crippen LogP contribution in [0.4, 0.5) is 0 Å². The number of aliphatic imine (C=N–C) groups is 1. The molecule has 0 unspecified atom stereocenters. The Morgan fingerprint density at radius 3 is 2.50 bits per heavy atom. The van der Waals surface area contributed by atoms with Gasteiger partial charge >= 0.3 is 0 Å². The SMILES string of the molecule is Brc1ccc(C2=NC3(CCNCC3)ON2)cc1.Cl. The highest BCUT2D eigenvalue weighted by Gasteiger charge is 2.38. The van der Waals surface area contributed by atoms with Crippen LogP contribution in [-0.2, 0) is 4.84 Å². The Kier molecular flexibility index (Phi) is 4.27. The summed E-state index contributed by atoms with van der Waals surface area (Å²) < 4.78 is 1.07. The molecule has 0 radical (unpaired) electrons. The average Bonchev–Trinajstić information content (AvgIpc) is 2.75. The van der Waals surface area contributed by atoms with Gasteiger partial charge in [0.15, 0.2) is 11.6 Å². The predicted molar refractivity (Wildman–Crippen MR) is 77.0 cm³/mol. The zero-order valence-electron chi connectivity index (χ0n) is 9.78.